The molecule has 1 unspecified atom stereocenters. The van der Waals surface area contributed by atoms with E-state index in [4.69, 9.17) is 4.98 Å². The average Bonchev–Trinajstić information content (AvgIpc) is 3.48. The molecular weight excluding hydrogens is 438 g/mol. The molecule has 34 heavy (non-hydrogen) atoms. The second-order valence-electron chi connectivity index (χ2n) is 8.74. The highest BCUT2D eigenvalue weighted by Crippen LogP contribution is 2.27. The highest BCUT2D eigenvalue weighted by Gasteiger charge is 2.19. The number of thiazole rings is 1. The first-order valence-electron chi connectivity index (χ1n) is 11.7. The van der Waals surface area contributed by atoms with Gasteiger partial charge in [-0.05, 0) is 61.6 Å². The lowest BCUT2D eigenvalue weighted by Gasteiger charge is -2.19. The summed E-state index contributed by atoms with van der Waals surface area (Å²) in [7, 11) is 0. The predicted molar refractivity (Wildman–Crippen MR) is 143 cm³/mol. The molecule has 0 bridgehead atoms. The number of rotatable bonds is 10. The SMILES string of the molecule is C=C(N=C/C=C\C)C(Cc1nc(CCc2cccc(-n3nnc4ccccc43)c2)cs1)C(C)C. The predicted octanol–water partition coefficient (Wildman–Crippen LogP) is 6.64. The van der Waals surface area contributed by atoms with Crippen LogP contribution in [-0.4, -0.2) is 26.2 Å². The van der Waals surface area contributed by atoms with Crippen LogP contribution in [0.1, 0.15) is 37.0 Å². The summed E-state index contributed by atoms with van der Waals surface area (Å²) in [6.45, 7) is 10.6. The Morgan fingerprint density at radius 1 is 1.15 bits per heavy atom. The van der Waals surface area contributed by atoms with Crippen LogP contribution in [0.2, 0.25) is 0 Å². The molecular formula is C28H31N5S. The van der Waals surface area contributed by atoms with Crippen molar-refractivity contribution in [1.29, 1.82) is 0 Å². The van der Waals surface area contributed by atoms with Crippen LogP contribution in [0.4, 0.5) is 0 Å². The zero-order chi connectivity index (χ0) is 23.9. The minimum atomic E-state index is 0.287. The summed E-state index contributed by atoms with van der Waals surface area (Å²) < 4.78 is 1.90. The van der Waals surface area contributed by atoms with Gasteiger partial charge in [-0.1, -0.05) is 56.0 Å². The van der Waals surface area contributed by atoms with Crippen LogP contribution in [0, 0.1) is 11.8 Å². The van der Waals surface area contributed by atoms with Crippen molar-refractivity contribution in [2.24, 2.45) is 16.8 Å². The topological polar surface area (TPSA) is 56.0 Å². The quantitative estimate of drug-likeness (QED) is 0.245. The van der Waals surface area contributed by atoms with Crippen molar-refractivity contribution in [3.8, 4) is 5.69 Å². The zero-order valence-electron chi connectivity index (χ0n) is 20.1. The standard InChI is InChI=1S/C28H31N5S/c1-5-6-16-29-21(4)25(20(2)3)18-28-30-23(19-34-28)15-14-22-10-9-11-24(17-22)33-27-13-8-7-12-26(27)31-32-33/h5-13,16-17,19-20,25H,4,14-15,18H2,1-3H3/b6-5-,29-16?. The molecule has 0 aliphatic rings. The summed E-state index contributed by atoms with van der Waals surface area (Å²) in [5.74, 6) is 0.743. The summed E-state index contributed by atoms with van der Waals surface area (Å²) in [6.07, 6.45) is 8.44. The third-order valence-corrected chi connectivity index (χ3v) is 6.84. The lowest BCUT2D eigenvalue weighted by Crippen LogP contribution is -2.13. The van der Waals surface area contributed by atoms with E-state index in [-0.39, 0.29) is 5.92 Å². The van der Waals surface area contributed by atoms with Crippen molar-refractivity contribution in [1.82, 2.24) is 20.0 Å². The average molecular weight is 470 g/mol. The molecule has 5 nitrogen and oxygen atoms in total. The number of aliphatic imine (C=N–C) groups is 1. The first kappa shape index (κ1) is 23.8. The van der Waals surface area contributed by atoms with E-state index < -0.39 is 0 Å². The Balaban J connectivity index is 1.41. The summed E-state index contributed by atoms with van der Waals surface area (Å²) >= 11 is 1.74. The fraction of sp³-hybridized carbons (Fsp3) is 0.286. The number of benzene rings is 2. The Labute approximate surface area is 205 Å². The zero-order valence-corrected chi connectivity index (χ0v) is 20.9. The summed E-state index contributed by atoms with van der Waals surface area (Å²) in [6, 6.07) is 16.5. The second-order valence-corrected chi connectivity index (χ2v) is 9.69. The first-order chi connectivity index (χ1) is 16.5. The van der Waals surface area contributed by atoms with E-state index in [1.54, 1.807) is 11.3 Å². The van der Waals surface area contributed by atoms with Crippen molar-refractivity contribution in [2.45, 2.75) is 40.0 Å². The molecule has 2 aromatic carbocycles. The maximum absolute atomic E-state index is 4.92. The van der Waals surface area contributed by atoms with Crippen molar-refractivity contribution in [2.75, 3.05) is 0 Å². The van der Waals surface area contributed by atoms with Crippen molar-refractivity contribution in [3.05, 3.63) is 94.6 Å². The highest BCUT2D eigenvalue weighted by molar-refractivity contribution is 7.09. The van der Waals surface area contributed by atoms with Crippen molar-refractivity contribution < 1.29 is 0 Å². The number of aromatic nitrogens is 4. The molecule has 0 saturated heterocycles. The van der Waals surface area contributed by atoms with Crippen LogP contribution < -0.4 is 0 Å². The van der Waals surface area contributed by atoms with Gasteiger partial charge in [0.05, 0.1) is 21.9 Å². The van der Waals surface area contributed by atoms with Crippen LogP contribution in [0.15, 0.2) is 83.3 Å². The van der Waals surface area contributed by atoms with Gasteiger partial charge in [-0.15, -0.1) is 16.4 Å². The molecule has 2 heterocycles. The maximum atomic E-state index is 4.92. The monoisotopic (exact) mass is 469 g/mol. The molecule has 2 aromatic heterocycles. The molecule has 0 aliphatic heterocycles. The van der Waals surface area contributed by atoms with Gasteiger partial charge in [0, 0.05) is 29.6 Å². The van der Waals surface area contributed by atoms with E-state index in [1.165, 1.54) is 5.56 Å². The van der Waals surface area contributed by atoms with E-state index in [2.05, 4.69) is 65.4 Å². The van der Waals surface area contributed by atoms with Gasteiger partial charge in [0.2, 0.25) is 0 Å². The Hall–Kier alpha value is -3.38. The third-order valence-electron chi connectivity index (χ3n) is 5.92. The number of allylic oxidation sites excluding steroid dienone is 3. The molecule has 4 aromatic rings. The van der Waals surface area contributed by atoms with Gasteiger partial charge in [-0.25, -0.2) is 9.67 Å². The van der Waals surface area contributed by atoms with Gasteiger partial charge in [0.15, 0.2) is 0 Å². The number of aryl methyl sites for hydroxylation is 2. The van der Waals surface area contributed by atoms with Crippen LogP contribution in [0.5, 0.6) is 0 Å². The lowest BCUT2D eigenvalue weighted by molar-refractivity contribution is 0.438. The number of nitrogens with zero attached hydrogens (tertiary/aromatic N) is 5. The second kappa shape index (κ2) is 11.2. The van der Waals surface area contributed by atoms with Crippen LogP contribution >= 0.6 is 11.3 Å². The largest absolute Gasteiger partial charge is 0.262 e. The normalized spacial score (nSPS) is 12.9. The van der Waals surface area contributed by atoms with E-state index >= 15 is 0 Å². The molecule has 0 fully saturated rings. The van der Waals surface area contributed by atoms with Gasteiger partial charge in [0.25, 0.3) is 0 Å². The maximum Gasteiger partial charge on any atom is 0.113 e. The third kappa shape index (κ3) is 5.75. The molecule has 0 aliphatic carbocycles. The number of hydrogen-bond acceptors (Lipinski definition) is 5. The van der Waals surface area contributed by atoms with Gasteiger partial charge < -0.3 is 0 Å². The minimum absolute atomic E-state index is 0.287. The molecule has 0 N–H and O–H groups in total. The van der Waals surface area contributed by atoms with Gasteiger partial charge in [-0.2, -0.15) is 0 Å². The Bertz CT molecular complexity index is 1310. The summed E-state index contributed by atoms with van der Waals surface area (Å²) in [5.41, 5.74) is 6.27. The Morgan fingerprint density at radius 3 is 2.82 bits per heavy atom. The van der Waals surface area contributed by atoms with Crippen LogP contribution in [-0.2, 0) is 19.3 Å². The summed E-state index contributed by atoms with van der Waals surface area (Å²) in [4.78, 5) is 9.45. The minimum Gasteiger partial charge on any atom is -0.262 e. The smallest absolute Gasteiger partial charge is 0.113 e. The molecule has 6 heteroatoms. The molecule has 0 saturated carbocycles. The lowest BCUT2D eigenvalue weighted by atomic mass is 9.90. The molecule has 1 atom stereocenters. The number of hydrogen-bond donors (Lipinski definition) is 0. The summed E-state index contributed by atoms with van der Waals surface area (Å²) in [5, 5.41) is 12.0. The van der Waals surface area contributed by atoms with Crippen molar-refractivity contribution >= 4 is 28.6 Å². The molecule has 174 valence electrons. The number of para-hydroxylation sites is 1. The van der Waals surface area contributed by atoms with E-state index in [1.807, 2.05) is 54.2 Å². The highest BCUT2D eigenvalue weighted by atomic mass is 32.1. The number of fused-ring (bicyclic) bond motifs is 1. The first-order valence-corrected chi connectivity index (χ1v) is 12.6. The van der Waals surface area contributed by atoms with Gasteiger partial charge in [-0.3, -0.25) is 4.99 Å². The fourth-order valence-electron chi connectivity index (χ4n) is 3.98. The molecule has 0 amide bonds. The van der Waals surface area contributed by atoms with E-state index in [9.17, 15) is 0 Å². The van der Waals surface area contributed by atoms with Gasteiger partial charge >= 0.3 is 0 Å². The van der Waals surface area contributed by atoms with Crippen LogP contribution in [0.25, 0.3) is 16.7 Å². The molecule has 0 radical (unpaired) electrons. The van der Waals surface area contributed by atoms with Crippen molar-refractivity contribution in [3.63, 3.8) is 0 Å². The molecule has 4 rings (SSSR count). The Morgan fingerprint density at radius 2 is 2.00 bits per heavy atom. The van der Waals surface area contributed by atoms with Crippen LogP contribution in [0.3, 0.4) is 0 Å². The Kier molecular flexibility index (Phi) is 7.80. The molecule has 0 spiro atoms. The van der Waals surface area contributed by atoms with E-state index in [0.29, 0.717) is 5.92 Å². The van der Waals surface area contributed by atoms with E-state index in [0.717, 1.165) is 52.4 Å². The fourth-order valence-corrected chi connectivity index (χ4v) is 4.87. The van der Waals surface area contributed by atoms with Gasteiger partial charge in [0.1, 0.15) is 5.52 Å².